The third-order valence-corrected chi connectivity index (χ3v) is 2.82. The number of hydrogen-bond donors (Lipinski definition) is 1. The summed E-state index contributed by atoms with van der Waals surface area (Å²) in [6.45, 7) is 4.07. The molecule has 1 aliphatic heterocycles. The van der Waals surface area contributed by atoms with Crippen LogP contribution in [0.2, 0.25) is 0 Å². The van der Waals surface area contributed by atoms with Gasteiger partial charge in [-0.05, 0) is 43.1 Å². The summed E-state index contributed by atoms with van der Waals surface area (Å²) >= 11 is 0. The number of nitrogens with two attached hydrogens (primary N) is 1. The van der Waals surface area contributed by atoms with Crippen LogP contribution in [0.25, 0.3) is 0 Å². The number of likely N-dealkylation sites (tertiary alicyclic amines) is 1. The normalized spacial score (nSPS) is 17.5. The summed E-state index contributed by atoms with van der Waals surface area (Å²) in [6.07, 6.45) is 6.42. The fraction of sp³-hybridized carbons (Fsp3) is 0.545. The molecule has 0 aliphatic carbocycles. The van der Waals surface area contributed by atoms with Gasteiger partial charge < -0.3 is 5.73 Å². The summed E-state index contributed by atoms with van der Waals surface area (Å²) in [7, 11) is 0. The Hall–Kier alpha value is -0.930. The smallest absolute Gasteiger partial charge is 0.0316 e. The van der Waals surface area contributed by atoms with E-state index in [4.69, 9.17) is 5.73 Å². The van der Waals surface area contributed by atoms with E-state index in [0.717, 1.165) is 6.54 Å². The lowest BCUT2D eigenvalue weighted by molar-refractivity contribution is 0.330. The molecule has 0 unspecified atom stereocenters. The largest absolute Gasteiger partial charge is 0.326 e. The van der Waals surface area contributed by atoms with Crippen molar-refractivity contribution in [3.05, 3.63) is 29.6 Å². The Morgan fingerprint density at radius 3 is 2.79 bits per heavy atom. The number of pyridine rings is 1. The van der Waals surface area contributed by atoms with Crippen molar-refractivity contribution in [2.75, 3.05) is 13.1 Å². The highest BCUT2D eigenvalue weighted by Gasteiger charge is 2.12. The Kier molecular flexibility index (Phi) is 3.11. The third kappa shape index (κ3) is 2.11. The van der Waals surface area contributed by atoms with Crippen LogP contribution in [0.1, 0.15) is 24.0 Å². The molecule has 0 atom stereocenters. The van der Waals surface area contributed by atoms with Gasteiger partial charge in [-0.25, -0.2) is 0 Å². The van der Waals surface area contributed by atoms with E-state index in [-0.39, 0.29) is 0 Å². The summed E-state index contributed by atoms with van der Waals surface area (Å²) in [5.41, 5.74) is 8.20. The molecular formula is C11H17N3. The van der Waals surface area contributed by atoms with Gasteiger partial charge in [-0.1, -0.05) is 0 Å². The minimum atomic E-state index is 0.617. The second kappa shape index (κ2) is 4.53. The zero-order valence-electron chi connectivity index (χ0n) is 8.45. The molecule has 14 heavy (non-hydrogen) atoms. The molecule has 1 fully saturated rings. The van der Waals surface area contributed by atoms with Crippen molar-refractivity contribution in [2.24, 2.45) is 5.73 Å². The van der Waals surface area contributed by atoms with Crippen LogP contribution in [0.15, 0.2) is 18.5 Å². The van der Waals surface area contributed by atoms with Crippen LogP contribution in [0.5, 0.6) is 0 Å². The van der Waals surface area contributed by atoms with E-state index in [1.54, 1.807) is 0 Å². The van der Waals surface area contributed by atoms with Crippen LogP contribution >= 0.6 is 0 Å². The van der Waals surface area contributed by atoms with Gasteiger partial charge in [-0.15, -0.1) is 0 Å². The zero-order chi connectivity index (χ0) is 9.80. The SMILES string of the molecule is NCc1ccncc1CN1CCCC1. The highest BCUT2D eigenvalue weighted by molar-refractivity contribution is 5.22. The van der Waals surface area contributed by atoms with Crippen LogP contribution in [-0.2, 0) is 13.1 Å². The van der Waals surface area contributed by atoms with Gasteiger partial charge in [0.05, 0.1) is 0 Å². The van der Waals surface area contributed by atoms with E-state index in [2.05, 4.69) is 9.88 Å². The van der Waals surface area contributed by atoms with Gasteiger partial charge >= 0.3 is 0 Å². The van der Waals surface area contributed by atoms with E-state index < -0.39 is 0 Å². The van der Waals surface area contributed by atoms with Crippen LogP contribution in [0.4, 0.5) is 0 Å². The van der Waals surface area contributed by atoms with E-state index in [0.29, 0.717) is 6.54 Å². The van der Waals surface area contributed by atoms with E-state index in [1.807, 2.05) is 18.5 Å². The van der Waals surface area contributed by atoms with Crippen molar-refractivity contribution >= 4 is 0 Å². The first-order valence-electron chi connectivity index (χ1n) is 5.24. The fourth-order valence-corrected chi connectivity index (χ4v) is 1.98. The predicted octanol–water partition coefficient (Wildman–Crippen LogP) is 1.14. The molecule has 0 bridgehead atoms. The average molecular weight is 191 g/mol. The maximum absolute atomic E-state index is 5.68. The van der Waals surface area contributed by atoms with Crippen molar-refractivity contribution in [3.8, 4) is 0 Å². The lowest BCUT2D eigenvalue weighted by Gasteiger charge is -2.16. The van der Waals surface area contributed by atoms with Crippen molar-refractivity contribution < 1.29 is 0 Å². The predicted molar refractivity (Wildman–Crippen MR) is 56.6 cm³/mol. The standard InChI is InChI=1S/C11H17N3/c12-7-10-3-4-13-8-11(10)9-14-5-1-2-6-14/h3-4,8H,1-2,5-7,9,12H2. The second-order valence-electron chi connectivity index (χ2n) is 3.83. The first-order valence-corrected chi connectivity index (χ1v) is 5.24. The fourth-order valence-electron chi connectivity index (χ4n) is 1.98. The number of rotatable bonds is 3. The van der Waals surface area contributed by atoms with E-state index in [1.165, 1.54) is 37.1 Å². The Bertz CT molecular complexity index is 292. The summed E-state index contributed by atoms with van der Waals surface area (Å²) in [5.74, 6) is 0. The molecule has 1 aromatic heterocycles. The molecule has 0 radical (unpaired) electrons. The van der Waals surface area contributed by atoms with Crippen LogP contribution in [0.3, 0.4) is 0 Å². The molecule has 3 heteroatoms. The molecule has 0 saturated carbocycles. The molecule has 1 aromatic rings. The Balaban J connectivity index is 2.07. The number of nitrogens with zero attached hydrogens (tertiary/aromatic N) is 2. The Morgan fingerprint density at radius 1 is 1.29 bits per heavy atom. The van der Waals surface area contributed by atoms with Gasteiger partial charge in [0.1, 0.15) is 0 Å². The molecule has 1 aliphatic rings. The van der Waals surface area contributed by atoms with Gasteiger partial charge in [-0.3, -0.25) is 9.88 Å². The molecule has 2 heterocycles. The van der Waals surface area contributed by atoms with Crippen molar-refractivity contribution in [1.29, 1.82) is 0 Å². The van der Waals surface area contributed by atoms with E-state index >= 15 is 0 Å². The number of aromatic nitrogens is 1. The quantitative estimate of drug-likeness (QED) is 0.779. The zero-order valence-corrected chi connectivity index (χ0v) is 8.45. The van der Waals surface area contributed by atoms with Crippen LogP contribution in [-0.4, -0.2) is 23.0 Å². The molecule has 0 spiro atoms. The second-order valence-corrected chi connectivity index (χ2v) is 3.83. The van der Waals surface area contributed by atoms with Crippen molar-refractivity contribution in [1.82, 2.24) is 9.88 Å². The van der Waals surface area contributed by atoms with Crippen molar-refractivity contribution in [3.63, 3.8) is 0 Å². The van der Waals surface area contributed by atoms with Crippen LogP contribution < -0.4 is 5.73 Å². The summed E-state index contributed by atoms with van der Waals surface area (Å²) < 4.78 is 0. The van der Waals surface area contributed by atoms with Gasteiger partial charge in [-0.2, -0.15) is 0 Å². The first kappa shape index (κ1) is 9.62. The minimum absolute atomic E-state index is 0.617. The Labute approximate surface area is 84.9 Å². The molecule has 3 nitrogen and oxygen atoms in total. The van der Waals surface area contributed by atoms with Gasteiger partial charge in [0.2, 0.25) is 0 Å². The Morgan fingerprint density at radius 2 is 2.07 bits per heavy atom. The topological polar surface area (TPSA) is 42.1 Å². The van der Waals surface area contributed by atoms with E-state index in [9.17, 15) is 0 Å². The monoisotopic (exact) mass is 191 g/mol. The molecule has 1 saturated heterocycles. The first-order chi connectivity index (χ1) is 6.90. The lowest BCUT2D eigenvalue weighted by Crippen LogP contribution is -2.20. The maximum Gasteiger partial charge on any atom is 0.0316 e. The highest BCUT2D eigenvalue weighted by atomic mass is 15.1. The minimum Gasteiger partial charge on any atom is -0.326 e. The lowest BCUT2D eigenvalue weighted by atomic mass is 10.1. The summed E-state index contributed by atoms with van der Waals surface area (Å²) in [5, 5.41) is 0. The number of hydrogen-bond acceptors (Lipinski definition) is 3. The maximum atomic E-state index is 5.68. The van der Waals surface area contributed by atoms with Crippen molar-refractivity contribution in [2.45, 2.75) is 25.9 Å². The molecule has 2 N–H and O–H groups in total. The average Bonchev–Trinajstić information content (AvgIpc) is 2.71. The van der Waals surface area contributed by atoms with Gasteiger partial charge in [0.25, 0.3) is 0 Å². The molecule has 0 amide bonds. The molecule has 76 valence electrons. The summed E-state index contributed by atoms with van der Waals surface area (Å²) in [6, 6.07) is 2.02. The van der Waals surface area contributed by atoms with Gasteiger partial charge in [0, 0.05) is 25.5 Å². The third-order valence-electron chi connectivity index (χ3n) is 2.82. The van der Waals surface area contributed by atoms with Crippen LogP contribution in [0, 0.1) is 0 Å². The highest BCUT2D eigenvalue weighted by Crippen LogP contribution is 2.14. The molecular weight excluding hydrogens is 174 g/mol. The molecule has 2 rings (SSSR count). The summed E-state index contributed by atoms with van der Waals surface area (Å²) in [4.78, 5) is 6.62. The van der Waals surface area contributed by atoms with Gasteiger partial charge in [0.15, 0.2) is 0 Å². The molecule has 0 aromatic carbocycles.